The van der Waals surface area contributed by atoms with E-state index in [4.69, 9.17) is 25.5 Å². The second-order valence-electron chi connectivity index (χ2n) is 9.31. The van der Waals surface area contributed by atoms with Crippen molar-refractivity contribution in [3.63, 3.8) is 0 Å². The summed E-state index contributed by atoms with van der Waals surface area (Å²) < 4.78 is 17.0. The van der Waals surface area contributed by atoms with Crippen LogP contribution >= 0.6 is 11.6 Å². The van der Waals surface area contributed by atoms with Gasteiger partial charge < -0.3 is 23.9 Å². The molecule has 2 heterocycles. The lowest BCUT2D eigenvalue weighted by molar-refractivity contribution is -0.130. The number of amides is 1. The highest BCUT2D eigenvalue weighted by Crippen LogP contribution is 2.41. The minimum absolute atomic E-state index is 0.00121. The maximum Gasteiger partial charge on any atom is 0.290 e. The zero-order valence-electron chi connectivity index (χ0n) is 21.1. The normalized spacial score (nSPS) is 15.6. The van der Waals surface area contributed by atoms with Crippen LogP contribution in [0.25, 0.3) is 11.0 Å². The first-order valence-electron chi connectivity index (χ1n) is 12.1. The molecule has 0 fully saturated rings. The van der Waals surface area contributed by atoms with Crippen molar-refractivity contribution in [2.45, 2.75) is 32.5 Å². The molecule has 1 aliphatic rings. The van der Waals surface area contributed by atoms with Crippen LogP contribution < -0.4 is 9.47 Å². The lowest BCUT2D eigenvalue weighted by atomic mass is 9.94. The molecule has 194 valence electrons. The number of carbonyl (C=O) groups excluding carboxylic acids is 2. The zero-order valence-corrected chi connectivity index (χ0v) is 21.9. The number of halogens is 1. The zero-order chi connectivity index (χ0) is 27.0. The molecule has 0 saturated heterocycles. The van der Waals surface area contributed by atoms with E-state index in [9.17, 15) is 14.7 Å². The van der Waals surface area contributed by atoms with E-state index in [1.807, 2.05) is 38.1 Å². The summed E-state index contributed by atoms with van der Waals surface area (Å²) >= 11 is 6.10. The summed E-state index contributed by atoms with van der Waals surface area (Å²) in [6.45, 7) is 4.00. The number of hydrogen-bond donors (Lipinski definition) is 1. The largest absolute Gasteiger partial charge is 0.503 e. The molecule has 7 nitrogen and oxygen atoms in total. The summed E-state index contributed by atoms with van der Waals surface area (Å²) in [6.07, 6.45) is -0.0168. The van der Waals surface area contributed by atoms with Gasteiger partial charge in [-0.2, -0.15) is 0 Å². The number of rotatable bonds is 8. The molecule has 38 heavy (non-hydrogen) atoms. The van der Waals surface area contributed by atoms with Crippen LogP contribution in [0.15, 0.2) is 88.5 Å². The first kappa shape index (κ1) is 25.4. The molecule has 0 bridgehead atoms. The number of nitrogens with zero attached hydrogens (tertiary/aromatic N) is 1. The Morgan fingerprint density at radius 1 is 1.05 bits per heavy atom. The fraction of sp³-hybridized carbons (Fsp3) is 0.200. The highest BCUT2D eigenvalue weighted by molar-refractivity contribution is 6.31. The van der Waals surface area contributed by atoms with Gasteiger partial charge in [-0.15, -0.1) is 0 Å². The van der Waals surface area contributed by atoms with E-state index >= 15 is 0 Å². The van der Waals surface area contributed by atoms with Gasteiger partial charge >= 0.3 is 0 Å². The molecule has 3 aromatic carbocycles. The molecule has 4 aromatic rings. The van der Waals surface area contributed by atoms with Crippen molar-refractivity contribution in [1.29, 1.82) is 0 Å². The third-order valence-corrected chi connectivity index (χ3v) is 6.52. The quantitative estimate of drug-likeness (QED) is 0.256. The molecule has 1 amide bonds. The topological polar surface area (TPSA) is 89.2 Å². The molecular formula is C30H26ClNO6. The summed E-state index contributed by atoms with van der Waals surface area (Å²) in [4.78, 5) is 28.7. The van der Waals surface area contributed by atoms with E-state index < -0.39 is 23.5 Å². The molecule has 1 unspecified atom stereocenters. The Morgan fingerprint density at radius 2 is 1.82 bits per heavy atom. The Bertz CT molecular complexity index is 1570. The fourth-order valence-electron chi connectivity index (χ4n) is 4.65. The highest BCUT2D eigenvalue weighted by Gasteiger charge is 2.44. The number of ketones is 1. The molecule has 0 saturated carbocycles. The first-order valence-corrected chi connectivity index (χ1v) is 12.5. The number of Topliss-reactive ketones (excluding diaryl/α,β-unsaturated/α-hetero) is 1. The molecule has 8 heteroatoms. The Kier molecular flexibility index (Phi) is 6.87. The number of hydrogen-bond acceptors (Lipinski definition) is 6. The van der Waals surface area contributed by atoms with Crippen molar-refractivity contribution in [3.05, 3.63) is 106 Å². The van der Waals surface area contributed by atoms with Crippen molar-refractivity contribution in [2.24, 2.45) is 0 Å². The second kappa shape index (κ2) is 10.3. The summed E-state index contributed by atoms with van der Waals surface area (Å²) in [5, 5.41) is 12.2. The van der Waals surface area contributed by atoms with Crippen LogP contribution in [0.1, 0.15) is 41.6 Å². The summed E-state index contributed by atoms with van der Waals surface area (Å²) in [7, 11) is 1.54. The van der Waals surface area contributed by atoms with Gasteiger partial charge in [0.25, 0.3) is 5.91 Å². The van der Waals surface area contributed by atoms with Crippen molar-refractivity contribution in [1.82, 2.24) is 4.90 Å². The maximum atomic E-state index is 13.8. The van der Waals surface area contributed by atoms with Crippen LogP contribution in [-0.2, 0) is 11.3 Å². The van der Waals surface area contributed by atoms with Gasteiger partial charge in [0, 0.05) is 17.0 Å². The molecule has 5 rings (SSSR count). The number of aliphatic hydroxyl groups excluding tert-OH is 1. The molecular weight excluding hydrogens is 506 g/mol. The Morgan fingerprint density at radius 3 is 2.58 bits per heavy atom. The van der Waals surface area contributed by atoms with Crippen LogP contribution in [0, 0.1) is 0 Å². The number of ether oxygens (including phenoxy) is 2. The number of aliphatic hydroxyl groups is 1. The third-order valence-electron chi connectivity index (χ3n) is 6.28. The number of benzene rings is 3. The minimum atomic E-state index is -0.878. The van der Waals surface area contributed by atoms with E-state index in [1.165, 1.54) is 12.0 Å². The van der Waals surface area contributed by atoms with Crippen molar-refractivity contribution in [2.75, 3.05) is 7.11 Å². The predicted octanol–water partition coefficient (Wildman–Crippen LogP) is 6.66. The van der Waals surface area contributed by atoms with Crippen molar-refractivity contribution in [3.8, 4) is 11.5 Å². The number of furan rings is 1. The SMILES string of the molecule is COc1cccc(C2C(C(=O)c3cc4cc(Cl)ccc4o3)=C(O)C(=O)N2Cc2cccc(OC(C)C)c2)c1. The van der Waals surface area contributed by atoms with Gasteiger partial charge in [0.15, 0.2) is 11.5 Å². The van der Waals surface area contributed by atoms with Gasteiger partial charge in [0.05, 0.1) is 24.8 Å². The van der Waals surface area contributed by atoms with Gasteiger partial charge in [-0.3, -0.25) is 9.59 Å². The second-order valence-corrected chi connectivity index (χ2v) is 9.75. The number of fused-ring (bicyclic) bond motifs is 1. The van der Waals surface area contributed by atoms with Gasteiger partial charge in [0.2, 0.25) is 5.78 Å². The maximum absolute atomic E-state index is 13.8. The van der Waals surface area contributed by atoms with Gasteiger partial charge in [-0.05, 0) is 73.5 Å². The molecule has 0 spiro atoms. The van der Waals surface area contributed by atoms with E-state index in [1.54, 1.807) is 48.5 Å². The Balaban J connectivity index is 1.57. The minimum Gasteiger partial charge on any atom is -0.503 e. The predicted molar refractivity (Wildman–Crippen MR) is 144 cm³/mol. The third kappa shape index (κ3) is 4.85. The van der Waals surface area contributed by atoms with Crippen LogP contribution in [-0.4, -0.2) is 34.9 Å². The summed E-state index contributed by atoms with van der Waals surface area (Å²) in [5.41, 5.74) is 1.80. The lowest BCUT2D eigenvalue weighted by Gasteiger charge is -2.27. The lowest BCUT2D eigenvalue weighted by Crippen LogP contribution is -2.30. The first-order chi connectivity index (χ1) is 18.2. The molecule has 1 atom stereocenters. The standard InChI is InChI=1S/C30H26ClNO6/c1-17(2)37-23-9-4-6-18(12-23)16-32-27(19-7-5-8-22(14-19)36-3)26(29(34)30(32)35)28(33)25-15-20-13-21(31)10-11-24(20)38-25/h4-15,17,27,34H,16H2,1-3H3. The van der Waals surface area contributed by atoms with E-state index in [-0.39, 0.29) is 24.0 Å². The van der Waals surface area contributed by atoms with Crippen LogP contribution in [0.2, 0.25) is 5.02 Å². The van der Waals surface area contributed by atoms with E-state index in [0.29, 0.717) is 33.1 Å². The van der Waals surface area contributed by atoms with Gasteiger partial charge in [-0.25, -0.2) is 0 Å². The van der Waals surface area contributed by atoms with Crippen LogP contribution in [0.5, 0.6) is 11.5 Å². The van der Waals surface area contributed by atoms with Crippen LogP contribution in [0.4, 0.5) is 0 Å². The average molecular weight is 532 g/mol. The molecule has 0 radical (unpaired) electrons. The van der Waals surface area contributed by atoms with E-state index in [0.717, 1.165) is 5.56 Å². The monoisotopic (exact) mass is 531 g/mol. The molecule has 0 aliphatic carbocycles. The molecule has 1 aliphatic heterocycles. The number of carbonyl (C=O) groups is 2. The average Bonchev–Trinajstić information content (AvgIpc) is 3.42. The van der Waals surface area contributed by atoms with Crippen LogP contribution in [0.3, 0.4) is 0 Å². The Hall–Kier alpha value is -4.23. The molecule has 1 N–H and O–H groups in total. The summed E-state index contributed by atoms with van der Waals surface area (Å²) in [6, 6.07) is 20.2. The highest BCUT2D eigenvalue weighted by atomic mass is 35.5. The number of methoxy groups -OCH3 is 1. The summed E-state index contributed by atoms with van der Waals surface area (Å²) in [5.74, 6) is -0.643. The van der Waals surface area contributed by atoms with Gasteiger partial charge in [0.1, 0.15) is 17.1 Å². The smallest absolute Gasteiger partial charge is 0.290 e. The molecule has 1 aromatic heterocycles. The van der Waals surface area contributed by atoms with Crippen molar-refractivity contribution >= 4 is 34.3 Å². The van der Waals surface area contributed by atoms with Crippen molar-refractivity contribution < 1.29 is 28.6 Å². The fourth-order valence-corrected chi connectivity index (χ4v) is 4.83. The Labute approximate surface area is 224 Å². The van der Waals surface area contributed by atoms with E-state index in [2.05, 4.69) is 0 Å². The van der Waals surface area contributed by atoms with Gasteiger partial charge in [-0.1, -0.05) is 35.9 Å².